The van der Waals surface area contributed by atoms with E-state index >= 15 is 0 Å². The van der Waals surface area contributed by atoms with E-state index in [0.717, 1.165) is 52.4 Å². The third kappa shape index (κ3) is 3.22. The second-order valence-electron chi connectivity index (χ2n) is 8.77. The van der Waals surface area contributed by atoms with Crippen molar-refractivity contribution in [1.29, 1.82) is 0 Å². The molecule has 0 N–H and O–H groups in total. The van der Waals surface area contributed by atoms with Crippen LogP contribution in [0.4, 0.5) is 5.69 Å². The molecule has 156 valence electrons. The summed E-state index contributed by atoms with van der Waals surface area (Å²) in [5.74, 6) is -0.906. The fourth-order valence-electron chi connectivity index (χ4n) is 4.92. The van der Waals surface area contributed by atoms with Gasteiger partial charge in [-0.1, -0.05) is 37.5 Å². The Kier molecular flexibility index (Phi) is 4.02. The molecule has 1 aliphatic carbocycles. The molecule has 2 aromatic heterocycles. The van der Waals surface area contributed by atoms with Crippen molar-refractivity contribution in [3.8, 4) is 11.3 Å². The highest BCUT2D eigenvalue weighted by atomic mass is 16.3. The van der Waals surface area contributed by atoms with Crippen LogP contribution in [-0.2, 0) is 7.05 Å². The lowest BCUT2D eigenvalue weighted by Crippen LogP contribution is -2.35. The monoisotopic (exact) mass is 412 g/mol. The Balaban J connectivity index is 1.89. The van der Waals surface area contributed by atoms with Gasteiger partial charge in [-0.15, -0.1) is 0 Å². The second-order valence-corrected chi connectivity index (χ2v) is 8.77. The molecule has 4 aromatic rings. The number of hydrogen-bond donors (Lipinski definition) is 0. The molecule has 0 radical (unpaired) electrons. The normalized spacial score (nSPS) is 17.3. The van der Waals surface area contributed by atoms with Crippen LogP contribution in [0.15, 0.2) is 40.8 Å². The van der Waals surface area contributed by atoms with Gasteiger partial charge in [0.15, 0.2) is 11.4 Å². The number of rotatable bonds is 2. The topological polar surface area (TPSA) is 21.4 Å². The summed E-state index contributed by atoms with van der Waals surface area (Å²) in [7, 11) is 1.89. The lowest BCUT2D eigenvalue weighted by molar-refractivity contribution is -0.666. The number of furan rings is 1. The summed E-state index contributed by atoms with van der Waals surface area (Å²) in [6.45, 7) is 13.3. The van der Waals surface area contributed by atoms with E-state index in [2.05, 4.69) is 10.9 Å². The van der Waals surface area contributed by atoms with Gasteiger partial charge in [-0.3, -0.25) is 0 Å². The Hall–Kier alpha value is -3.12. The fourth-order valence-corrected chi connectivity index (χ4v) is 4.92. The lowest BCUT2D eigenvalue weighted by Gasteiger charge is -2.22. The molecular formula is C28H29N2O+. The summed E-state index contributed by atoms with van der Waals surface area (Å²) in [5.41, 5.74) is 6.66. The number of pyridine rings is 1. The summed E-state index contributed by atoms with van der Waals surface area (Å²) in [6.07, 6.45) is 4.39. The minimum absolute atomic E-state index is 0.254. The predicted molar refractivity (Wildman–Crippen MR) is 127 cm³/mol. The number of benzene rings is 2. The molecule has 2 heterocycles. The molecule has 1 fully saturated rings. The van der Waals surface area contributed by atoms with E-state index in [1.807, 2.05) is 44.5 Å². The van der Waals surface area contributed by atoms with E-state index in [9.17, 15) is 2.74 Å². The first kappa shape index (κ1) is 16.6. The SMILES string of the molecule is [2H]c1c(C2([2H])CCCCC2)c([2H])c(-c2c(C)ccc3c2oc2cc([N+]#[C-])cc(C)c23)[n+](C)c1C. The van der Waals surface area contributed by atoms with Crippen molar-refractivity contribution in [2.45, 2.75) is 58.8 Å². The number of fused-ring (bicyclic) bond motifs is 3. The smallest absolute Gasteiger partial charge is 0.216 e. The molecule has 0 atom stereocenters. The van der Waals surface area contributed by atoms with Gasteiger partial charge in [0.2, 0.25) is 5.69 Å². The standard InChI is InChI=1S/C28H29N2O/c1-17-11-12-23-26-18(2)13-22(29-4)16-25(26)31-28(23)27(17)24-15-21(14-19(3)30(24)5)20-9-7-6-8-10-20/h11-16,20H,6-10H2,1-3,5H3/q+1/i14D,15D,20D. The van der Waals surface area contributed by atoms with Crippen molar-refractivity contribution in [1.82, 2.24) is 0 Å². The zero-order chi connectivity index (χ0) is 24.4. The zero-order valence-electron chi connectivity index (χ0n) is 21.6. The number of aromatic nitrogens is 1. The average molecular weight is 413 g/mol. The summed E-state index contributed by atoms with van der Waals surface area (Å²) >= 11 is 0. The van der Waals surface area contributed by atoms with Crippen molar-refractivity contribution in [3.63, 3.8) is 0 Å². The van der Waals surface area contributed by atoms with Crippen molar-refractivity contribution in [2.24, 2.45) is 7.05 Å². The summed E-state index contributed by atoms with van der Waals surface area (Å²) in [4.78, 5) is 3.58. The molecule has 31 heavy (non-hydrogen) atoms. The van der Waals surface area contributed by atoms with Gasteiger partial charge in [0.25, 0.3) is 0 Å². The first-order valence-electron chi connectivity index (χ1n) is 12.5. The van der Waals surface area contributed by atoms with Gasteiger partial charge < -0.3 is 4.42 Å². The molecule has 5 rings (SSSR count). The third-order valence-corrected chi connectivity index (χ3v) is 6.70. The predicted octanol–water partition coefficient (Wildman–Crippen LogP) is 7.60. The maximum Gasteiger partial charge on any atom is 0.216 e. The molecule has 0 spiro atoms. The number of nitrogens with zero attached hydrogens (tertiary/aromatic N) is 2. The second kappa shape index (κ2) is 7.54. The molecule has 0 saturated heterocycles. The molecule has 1 aliphatic rings. The van der Waals surface area contributed by atoms with E-state index in [-0.39, 0.29) is 6.04 Å². The maximum atomic E-state index is 9.29. The van der Waals surface area contributed by atoms with Crippen molar-refractivity contribution < 1.29 is 13.1 Å². The highest BCUT2D eigenvalue weighted by molar-refractivity contribution is 6.11. The van der Waals surface area contributed by atoms with Gasteiger partial charge in [-0.2, -0.15) is 4.57 Å². The van der Waals surface area contributed by atoms with Crippen LogP contribution < -0.4 is 4.57 Å². The van der Waals surface area contributed by atoms with E-state index < -0.39 is 5.89 Å². The Morgan fingerprint density at radius 3 is 2.61 bits per heavy atom. The molecule has 0 unspecified atom stereocenters. The van der Waals surface area contributed by atoms with Crippen LogP contribution in [0.1, 0.15) is 64.5 Å². The van der Waals surface area contributed by atoms with Crippen LogP contribution in [0.5, 0.6) is 0 Å². The fraction of sp³-hybridized carbons (Fsp3) is 0.357. The third-order valence-electron chi connectivity index (χ3n) is 6.70. The van der Waals surface area contributed by atoms with Gasteiger partial charge in [-0.25, -0.2) is 4.85 Å². The Morgan fingerprint density at radius 1 is 1.10 bits per heavy atom. The molecule has 3 nitrogen and oxygen atoms in total. The molecule has 2 aromatic carbocycles. The van der Waals surface area contributed by atoms with Crippen molar-refractivity contribution >= 4 is 27.6 Å². The van der Waals surface area contributed by atoms with E-state index in [1.54, 1.807) is 6.07 Å². The van der Waals surface area contributed by atoms with Crippen LogP contribution in [0, 0.1) is 27.3 Å². The molecular weight excluding hydrogens is 380 g/mol. The largest absolute Gasteiger partial charge is 0.456 e. The van der Waals surface area contributed by atoms with Gasteiger partial charge in [-0.05, 0) is 55.3 Å². The van der Waals surface area contributed by atoms with Gasteiger partial charge in [0.05, 0.1) is 14.9 Å². The Labute approximate surface area is 188 Å². The lowest BCUT2D eigenvalue weighted by atomic mass is 9.83. The van der Waals surface area contributed by atoms with Crippen LogP contribution in [-0.4, -0.2) is 0 Å². The zero-order valence-corrected chi connectivity index (χ0v) is 18.6. The quantitative estimate of drug-likeness (QED) is 0.245. The maximum absolute atomic E-state index is 9.29. The Bertz CT molecular complexity index is 1520. The highest BCUT2D eigenvalue weighted by Crippen LogP contribution is 2.41. The summed E-state index contributed by atoms with van der Waals surface area (Å²) in [6, 6.07) is 8.32. The molecule has 0 aliphatic heterocycles. The summed E-state index contributed by atoms with van der Waals surface area (Å²) < 4.78 is 35.7. The molecule has 0 amide bonds. The van der Waals surface area contributed by atoms with Crippen LogP contribution in [0.25, 0.3) is 38.0 Å². The van der Waals surface area contributed by atoms with Crippen molar-refractivity contribution in [2.75, 3.05) is 0 Å². The molecule has 1 saturated carbocycles. The molecule has 3 heteroatoms. The molecule has 0 bridgehead atoms. The van der Waals surface area contributed by atoms with E-state index in [1.165, 1.54) is 0 Å². The van der Waals surface area contributed by atoms with E-state index in [0.29, 0.717) is 47.0 Å². The first-order chi connectivity index (χ1) is 16.2. The average Bonchev–Trinajstić information content (AvgIpc) is 3.18. The number of hydrogen-bond acceptors (Lipinski definition) is 1. The van der Waals surface area contributed by atoms with Crippen LogP contribution in [0.2, 0.25) is 0 Å². The van der Waals surface area contributed by atoms with Gasteiger partial charge in [0.1, 0.15) is 18.2 Å². The highest BCUT2D eigenvalue weighted by Gasteiger charge is 2.25. The summed E-state index contributed by atoms with van der Waals surface area (Å²) in [5, 5.41) is 1.94. The minimum atomic E-state index is -0.906. The first-order valence-corrected chi connectivity index (χ1v) is 11.0. The van der Waals surface area contributed by atoms with E-state index in [4.69, 9.17) is 12.4 Å². The van der Waals surface area contributed by atoms with Crippen molar-refractivity contribution in [3.05, 3.63) is 70.2 Å². The van der Waals surface area contributed by atoms with Crippen LogP contribution >= 0.6 is 0 Å². The van der Waals surface area contributed by atoms with Gasteiger partial charge in [0, 0.05) is 31.2 Å². The van der Waals surface area contributed by atoms with Crippen LogP contribution in [0.3, 0.4) is 0 Å². The number of aryl methyl sites for hydroxylation is 2. The minimum Gasteiger partial charge on any atom is -0.456 e. The Morgan fingerprint density at radius 2 is 1.87 bits per heavy atom. The van der Waals surface area contributed by atoms with Gasteiger partial charge >= 0.3 is 0 Å².